The van der Waals surface area contributed by atoms with Crippen LogP contribution in [-0.2, 0) is 6.42 Å². The van der Waals surface area contributed by atoms with E-state index < -0.39 is 0 Å². The molecule has 1 amide bonds. The van der Waals surface area contributed by atoms with Crippen molar-refractivity contribution in [2.24, 2.45) is 0 Å². The Morgan fingerprint density at radius 2 is 2.15 bits per heavy atom. The molecule has 6 heteroatoms. The molecule has 102 valence electrons. The van der Waals surface area contributed by atoms with E-state index in [1.54, 1.807) is 12.1 Å². The number of hydrogen-bond donors (Lipinski definition) is 1. The van der Waals surface area contributed by atoms with Crippen LogP contribution in [0.5, 0.6) is 0 Å². The highest BCUT2D eigenvalue weighted by Gasteiger charge is 2.15. The summed E-state index contributed by atoms with van der Waals surface area (Å²) in [6.45, 7) is 2.02. The van der Waals surface area contributed by atoms with Crippen molar-refractivity contribution in [2.75, 3.05) is 5.32 Å². The van der Waals surface area contributed by atoms with Crippen molar-refractivity contribution in [2.45, 2.75) is 13.3 Å². The van der Waals surface area contributed by atoms with Crippen molar-refractivity contribution in [1.29, 1.82) is 5.26 Å². The van der Waals surface area contributed by atoms with Crippen LogP contribution in [0.25, 0.3) is 0 Å². The Morgan fingerprint density at radius 3 is 2.80 bits per heavy atom. The first-order valence-corrected chi connectivity index (χ1v) is 8.24. The third-order valence-corrected chi connectivity index (χ3v) is 5.03. The van der Waals surface area contributed by atoms with Crippen LogP contribution >= 0.6 is 43.2 Å². The monoisotopic (exact) mass is 412 g/mol. The zero-order chi connectivity index (χ0) is 14.7. The summed E-state index contributed by atoms with van der Waals surface area (Å²) in [7, 11) is 0. The summed E-state index contributed by atoms with van der Waals surface area (Å²) in [5, 5.41) is 12.5. The number of rotatable bonds is 3. The molecule has 2 aromatic rings. The van der Waals surface area contributed by atoms with E-state index in [9.17, 15) is 4.79 Å². The van der Waals surface area contributed by atoms with Crippen LogP contribution in [0.4, 0.5) is 5.00 Å². The zero-order valence-electron chi connectivity index (χ0n) is 10.5. The van der Waals surface area contributed by atoms with Gasteiger partial charge in [-0.05, 0) is 46.6 Å². The van der Waals surface area contributed by atoms with Crippen LogP contribution in [-0.4, -0.2) is 5.91 Å². The molecule has 20 heavy (non-hydrogen) atoms. The molecule has 0 atom stereocenters. The average molecular weight is 414 g/mol. The largest absolute Gasteiger partial charge is 0.312 e. The lowest BCUT2D eigenvalue weighted by Crippen LogP contribution is -2.12. The smallest absolute Gasteiger partial charge is 0.257 e. The van der Waals surface area contributed by atoms with Crippen LogP contribution in [0.3, 0.4) is 0 Å². The summed E-state index contributed by atoms with van der Waals surface area (Å²) in [6, 6.07) is 9.31. The van der Waals surface area contributed by atoms with Gasteiger partial charge in [0.25, 0.3) is 5.91 Å². The van der Waals surface area contributed by atoms with Gasteiger partial charge in [0.1, 0.15) is 11.1 Å². The molecule has 0 aliphatic carbocycles. The van der Waals surface area contributed by atoms with Crippen molar-refractivity contribution >= 4 is 54.1 Å². The standard InChI is InChI=1S/C14H10Br2N2OS/c1-2-10-5-8(7-17)14(20-10)18-13(19)11-6-9(15)3-4-12(11)16/h3-6H,2H2,1H3,(H,18,19). The first kappa shape index (κ1) is 15.2. The third kappa shape index (κ3) is 3.29. The summed E-state index contributed by atoms with van der Waals surface area (Å²) in [4.78, 5) is 13.4. The minimum Gasteiger partial charge on any atom is -0.312 e. The number of benzene rings is 1. The molecule has 0 radical (unpaired) electrons. The Hall–Kier alpha value is -1.16. The molecular formula is C14H10Br2N2OS. The maximum absolute atomic E-state index is 12.3. The molecule has 1 heterocycles. The topological polar surface area (TPSA) is 52.9 Å². The van der Waals surface area contributed by atoms with Crippen molar-refractivity contribution < 1.29 is 4.79 Å². The van der Waals surface area contributed by atoms with Gasteiger partial charge in [0.15, 0.2) is 0 Å². The molecule has 0 fully saturated rings. The van der Waals surface area contributed by atoms with Gasteiger partial charge < -0.3 is 5.32 Å². The second kappa shape index (κ2) is 6.53. The number of nitrogens with zero attached hydrogens (tertiary/aromatic N) is 1. The van der Waals surface area contributed by atoms with E-state index in [1.807, 2.05) is 19.1 Å². The molecule has 0 spiro atoms. The Labute approximate surface area is 137 Å². The minimum atomic E-state index is -0.237. The fourth-order valence-corrected chi connectivity index (χ4v) is 3.36. The lowest BCUT2D eigenvalue weighted by atomic mass is 10.2. The van der Waals surface area contributed by atoms with E-state index in [2.05, 4.69) is 43.2 Å². The maximum atomic E-state index is 12.3. The summed E-state index contributed by atoms with van der Waals surface area (Å²) in [6.07, 6.45) is 0.843. The zero-order valence-corrected chi connectivity index (χ0v) is 14.5. The second-order valence-corrected chi connectivity index (χ2v) is 6.91. The lowest BCUT2D eigenvalue weighted by molar-refractivity contribution is 0.102. The molecular weight excluding hydrogens is 404 g/mol. The fraction of sp³-hybridized carbons (Fsp3) is 0.143. The first-order chi connectivity index (χ1) is 9.55. The predicted octanol–water partition coefficient (Wildman–Crippen LogP) is 4.96. The molecule has 0 unspecified atom stereocenters. The molecule has 0 aliphatic heterocycles. The highest BCUT2D eigenvalue weighted by Crippen LogP contribution is 2.29. The fourth-order valence-electron chi connectivity index (χ4n) is 1.63. The van der Waals surface area contributed by atoms with E-state index in [0.29, 0.717) is 20.6 Å². The van der Waals surface area contributed by atoms with Crippen LogP contribution < -0.4 is 5.32 Å². The quantitative estimate of drug-likeness (QED) is 0.772. The Morgan fingerprint density at radius 1 is 1.40 bits per heavy atom. The van der Waals surface area contributed by atoms with E-state index in [4.69, 9.17) is 5.26 Å². The van der Waals surface area contributed by atoms with Gasteiger partial charge in [-0.1, -0.05) is 22.9 Å². The number of carbonyl (C=O) groups is 1. The Balaban J connectivity index is 2.30. The number of carbonyl (C=O) groups excluding carboxylic acids is 1. The van der Waals surface area contributed by atoms with Gasteiger partial charge in [0, 0.05) is 13.8 Å². The van der Waals surface area contributed by atoms with Gasteiger partial charge in [-0.3, -0.25) is 4.79 Å². The normalized spacial score (nSPS) is 10.1. The Bertz CT molecular complexity index is 704. The number of thiophene rings is 1. The maximum Gasteiger partial charge on any atom is 0.257 e. The highest BCUT2D eigenvalue weighted by molar-refractivity contribution is 9.11. The summed E-state index contributed by atoms with van der Waals surface area (Å²) in [5.74, 6) is -0.237. The number of halogens is 2. The average Bonchev–Trinajstić information content (AvgIpc) is 2.83. The molecule has 0 saturated carbocycles. The van der Waals surface area contributed by atoms with Crippen LogP contribution in [0.2, 0.25) is 0 Å². The molecule has 1 N–H and O–H groups in total. The number of nitriles is 1. The van der Waals surface area contributed by atoms with Gasteiger partial charge in [-0.25, -0.2) is 0 Å². The number of aryl methyl sites for hydroxylation is 1. The van der Waals surface area contributed by atoms with Gasteiger partial charge in [0.05, 0.1) is 11.1 Å². The molecule has 0 saturated heterocycles. The SMILES string of the molecule is CCc1cc(C#N)c(NC(=O)c2cc(Br)ccc2Br)s1. The number of hydrogen-bond acceptors (Lipinski definition) is 3. The number of nitrogens with one attached hydrogen (secondary N) is 1. The van der Waals surface area contributed by atoms with Crippen molar-refractivity contribution in [3.8, 4) is 6.07 Å². The number of amides is 1. The van der Waals surface area contributed by atoms with E-state index in [1.165, 1.54) is 11.3 Å². The predicted molar refractivity (Wildman–Crippen MR) is 88.2 cm³/mol. The summed E-state index contributed by atoms with van der Waals surface area (Å²) in [5.41, 5.74) is 1.03. The minimum absolute atomic E-state index is 0.237. The molecule has 1 aromatic heterocycles. The van der Waals surface area contributed by atoms with Gasteiger partial charge in [0.2, 0.25) is 0 Å². The third-order valence-electron chi connectivity index (χ3n) is 2.65. The Kier molecular flexibility index (Phi) is 4.97. The molecule has 1 aromatic carbocycles. The first-order valence-electron chi connectivity index (χ1n) is 5.84. The van der Waals surface area contributed by atoms with Crippen LogP contribution in [0, 0.1) is 11.3 Å². The van der Waals surface area contributed by atoms with Crippen molar-refractivity contribution in [3.05, 3.63) is 49.2 Å². The molecule has 0 bridgehead atoms. The van der Waals surface area contributed by atoms with Gasteiger partial charge in [-0.15, -0.1) is 11.3 Å². The second-order valence-electron chi connectivity index (χ2n) is 4.00. The molecule has 3 nitrogen and oxygen atoms in total. The molecule has 2 rings (SSSR count). The van der Waals surface area contributed by atoms with Crippen LogP contribution in [0.15, 0.2) is 33.2 Å². The van der Waals surface area contributed by atoms with Gasteiger partial charge >= 0.3 is 0 Å². The summed E-state index contributed by atoms with van der Waals surface area (Å²) < 4.78 is 1.54. The summed E-state index contributed by atoms with van der Waals surface area (Å²) >= 11 is 8.13. The highest BCUT2D eigenvalue weighted by atomic mass is 79.9. The lowest BCUT2D eigenvalue weighted by Gasteiger charge is -2.06. The number of anilines is 1. The van der Waals surface area contributed by atoms with Crippen LogP contribution in [0.1, 0.15) is 27.7 Å². The van der Waals surface area contributed by atoms with E-state index in [0.717, 1.165) is 15.8 Å². The van der Waals surface area contributed by atoms with Crippen molar-refractivity contribution in [1.82, 2.24) is 0 Å². The van der Waals surface area contributed by atoms with E-state index >= 15 is 0 Å². The van der Waals surface area contributed by atoms with E-state index in [-0.39, 0.29) is 5.91 Å². The van der Waals surface area contributed by atoms with Gasteiger partial charge in [-0.2, -0.15) is 5.26 Å². The molecule has 0 aliphatic rings. The van der Waals surface area contributed by atoms with Crippen molar-refractivity contribution in [3.63, 3.8) is 0 Å².